The van der Waals surface area contributed by atoms with Crippen LogP contribution in [-0.2, 0) is 6.18 Å². The third-order valence-corrected chi connectivity index (χ3v) is 6.04. The maximum Gasteiger partial charge on any atom is 0.434 e. The Labute approximate surface area is 180 Å². The van der Waals surface area contributed by atoms with E-state index < -0.39 is 18.0 Å². The lowest BCUT2D eigenvalue weighted by Crippen LogP contribution is -2.51. The van der Waals surface area contributed by atoms with Gasteiger partial charge in [-0.25, -0.2) is 15.0 Å². The van der Waals surface area contributed by atoms with E-state index in [2.05, 4.69) is 25.1 Å². The molecule has 2 aliphatic rings. The lowest BCUT2D eigenvalue weighted by Gasteiger charge is -2.37. The number of likely N-dealkylation sites (tertiary alicyclic amines) is 1. The summed E-state index contributed by atoms with van der Waals surface area (Å²) >= 11 is 0. The first-order chi connectivity index (χ1) is 15.3. The van der Waals surface area contributed by atoms with Crippen molar-refractivity contribution < 1.29 is 22.7 Å². The number of amides is 1. The topological polar surface area (TPSA) is 98.9 Å². The number of carbonyl (C=O) groups is 1. The lowest BCUT2D eigenvalue weighted by atomic mass is 9.98. The maximum absolute atomic E-state index is 13.5. The van der Waals surface area contributed by atoms with Crippen LogP contribution >= 0.6 is 0 Å². The van der Waals surface area contributed by atoms with Gasteiger partial charge in [-0.05, 0) is 37.8 Å². The predicted octanol–water partition coefficient (Wildman–Crippen LogP) is 2.54. The Morgan fingerprint density at radius 2 is 1.88 bits per heavy atom. The number of ether oxygens (including phenoxy) is 1. The van der Waals surface area contributed by atoms with Crippen molar-refractivity contribution in [1.82, 2.24) is 34.8 Å². The maximum atomic E-state index is 13.5. The molecule has 0 unspecified atom stereocenters. The molecule has 3 aromatic rings. The highest BCUT2D eigenvalue weighted by Gasteiger charge is 2.53. The summed E-state index contributed by atoms with van der Waals surface area (Å²) in [7, 11) is 0. The summed E-state index contributed by atoms with van der Waals surface area (Å²) in [5.74, 6) is -0.0779. The van der Waals surface area contributed by atoms with Gasteiger partial charge in [-0.2, -0.15) is 23.4 Å². The fraction of sp³-hybridized carbons (Fsp3) is 0.400. The number of hydrogen-bond donors (Lipinski definition) is 0. The first kappa shape index (κ1) is 20.3. The lowest BCUT2D eigenvalue weighted by molar-refractivity contribution is -0.141. The van der Waals surface area contributed by atoms with E-state index in [1.54, 1.807) is 17.0 Å². The average Bonchev–Trinajstić information content (AvgIpc) is 3.50. The number of fused-ring (bicyclic) bond motifs is 2. The Hall–Kier alpha value is -3.57. The molecule has 1 saturated heterocycles. The van der Waals surface area contributed by atoms with Crippen LogP contribution in [0.15, 0.2) is 43.1 Å². The molecule has 1 aliphatic heterocycles. The van der Waals surface area contributed by atoms with Crippen molar-refractivity contribution in [2.24, 2.45) is 5.92 Å². The summed E-state index contributed by atoms with van der Waals surface area (Å²) in [6.45, 7) is 1.98. The summed E-state index contributed by atoms with van der Waals surface area (Å²) in [6, 6.07) is 3.12. The SMILES string of the molecule is C[C@@H]1[C@H]2C[C@@H](Oc3cnc(C(F)(F)F)cn3)[C@H](C2)N1C(=O)c1ncccc1-n1nccn1. The monoisotopic (exact) mass is 445 g/mol. The zero-order chi connectivity index (χ0) is 22.5. The van der Waals surface area contributed by atoms with E-state index in [-0.39, 0.29) is 35.5 Å². The molecule has 2 fully saturated rings. The number of pyridine rings is 1. The van der Waals surface area contributed by atoms with Crippen LogP contribution in [-0.4, -0.2) is 58.9 Å². The van der Waals surface area contributed by atoms with Crippen LogP contribution in [0.5, 0.6) is 5.88 Å². The Morgan fingerprint density at radius 1 is 1.09 bits per heavy atom. The first-order valence-corrected chi connectivity index (χ1v) is 10.0. The molecule has 0 spiro atoms. The molecule has 5 rings (SSSR count). The highest BCUT2D eigenvalue weighted by molar-refractivity contribution is 5.96. The normalized spacial score (nSPS) is 24.7. The Bertz CT molecular complexity index is 1120. The summed E-state index contributed by atoms with van der Waals surface area (Å²) in [5.41, 5.74) is -0.405. The van der Waals surface area contributed by atoms with Crippen molar-refractivity contribution in [3.63, 3.8) is 0 Å². The second-order valence-corrected chi connectivity index (χ2v) is 7.84. The van der Waals surface area contributed by atoms with Gasteiger partial charge in [-0.3, -0.25) is 4.79 Å². The van der Waals surface area contributed by atoms with Crippen molar-refractivity contribution in [3.8, 4) is 11.6 Å². The molecule has 3 aromatic heterocycles. The van der Waals surface area contributed by atoms with Crippen LogP contribution in [0, 0.1) is 5.92 Å². The van der Waals surface area contributed by atoms with Gasteiger partial charge in [0.05, 0.1) is 30.8 Å². The number of piperidine rings is 1. The van der Waals surface area contributed by atoms with Gasteiger partial charge in [-0.1, -0.05) is 0 Å². The highest BCUT2D eigenvalue weighted by atomic mass is 19.4. The second kappa shape index (κ2) is 7.53. The zero-order valence-electron chi connectivity index (χ0n) is 16.8. The van der Waals surface area contributed by atoms with E-state index in [9.17, 15) is 18.0 Å². The van der Waals surface area contributed by atoms with Crippen LogP contribution < -0.4 is 4.74 Å². The molecule has 166 valence electrons. The minimum atomic E-state index is -4.57. The van der Waals surface area contributed by atoms with E-state index in [0.29, 0.717) is 18.3 Å². The Balaban J connectivity index is 1.38. The predicted molar refractivity (Wildman–Crippen MR) is 103 cm³/mol. The van der Waals surface area contributed by atoms with Crippen molar-refractivity contribution in [1.29, 1.82) is 0 Å². The van der Waals surface area contributed by atoms with Crippen molar-refractivity contribution >= 4 is 5.91 Å². The number of rotatable bonds is 4. The Morgan fingerprint density at radius 3 is 2.53 bits per heavy atom. The number of nitrogens with zero attached hydrogens (tertiary/aromatic N) is 7. The van der Waals surface area contributed by atoms with Crippen LogP contribution in [0.2, 0.25) is 0 Å². The standard InChI is InChI=1S/C20H18F3N7O2/c1-11-12-7-14(15(8-12)32-17-10-25-16(9-26-17)20(21,22)23)29(11)19(31)18-13(3-2-4-24-18)30-27-5-6-28-30/h2-6,9-12,14-15H,7-8H2,1H3/t11-,12-,14+,15-/m1/s1. The van der Waals surface area contributed by atoms with Crippen LogP contribution in [0.3, 0.4) is 0 Å². The van der Waals surface area contributed by atoms with Crippen LogP contribution in [0.25, 0.3) is 5.69 Å². The van der Waals surface area contributed by atoms with Crippen LogP contribution in [0.1, 0.15) is 35.9 Å². The summed E-state index contributed by atoms with van der Waals surface area (Å²) < 4.78 is 44.0. The second-order valence-electron chi connectivity index (χ2n) is 7.84. The largest absolute Gasteiger partial charge is 0.471 e. The molecular weight excluding hydrogens is 427 g/mol. The molecule has 1 amide bonds. The Kier molecular flexibility index (Phi) is 4.79. The minimum absolute atomic E-state index is 0.00475. The van der Waals surface area contributed by atoms with Gasteiger partial charge in [0, 0.05) is 12.2 Å². The van der Waals surface area contributed by atoms with Crippen molar-refractivity contribution in [2.45, 2.75) is 44.1 Å². The molecule has 4 atom stereocenters. The molecule has 1 aliphatic carbocycles. The summed E-state index contributed by atoms with van der Waals surface area (Å²) in [4.78, 5) is 28.0. The van der Waals surface area contributed by atoms with Gasteiger partial charge in [0.25, 0.3) is 5.91 Å². The van der Waals surface area contributed by atoms with Crippen molar-refractivity contribution in [3.05, 3.63) is 54.5 Å². The number of carbonyl (C=O) groups excluding carboxylic acids is 1. The first-order valence-electron chi connectivity index (χ1n) is 10.0. The molecule has 32 heavy (non-hydrogen) atoms. The van der Waals surface area contributed by atoms with E-state index in [4.69, 9.17) is 4.74 Å². The molecule has 12 heteroatoms. The average molecular weight is 445 g/mol. The molecule has 0 radical (unpaired) electrons. The van der Waals surface area contributed by atoms with Gasteiger partial charge < -0.3 is 9.64 Å². The fourth-order valence-corrected chi connectivity index (χ4v) is 4.56. The van der Waals surface area contributed by atoms with Gasteiger partial charge in [-0.15, -0.1) is 4.80 Å². The molecular formula is C20H18F3N7O2. The van der Waals surface area contributed by atoms with Gasteiger partial charge in [0.1, 0.15) is 11.8 Å². The minimum Gasteiger partial charge on any atom is -0.471 e. The third-order valence-electron chi connectivity index (χ3n) is 6.04. The van der Waals surface area contributed by atoms with E-state index in [0.717, 1.165) is 12.6 Å². The van der Waals surface area contributed by atoms with Gasteiger partial charge in [0.2, 0.25) is 5.88 Å². The summed E-state index contributed by atoms with van der Waals surface area (Å²) in [5, 5.41) is 8.19. The van der Waals surface area contributed by atoms with Crippen LogP contribution in [0.4, 0.5) is 13.2 Å². The van der Waals surface area contributed by atoms with Crippen molar-refractivity contribution in [2.75, 3.05) is 0 Å². The molecule has 0 N–H and O–H groups in total. The quantitative estimate of drug-likeness (QED) is 0.609. The number of aromatic nitrogens is 6. The number of alkyl halides is 3. The van der Waals surface area contributed by atoms with Gasteiger partial charge in [0.15, 0.2) is 11.4 Å². The number of hydrogen-bond acceptors (Lipinski definition) is 7. The molecule has 4 heterocycles. The van der Waals surface area contributed by atoms with E-state index in [1.807, 2.05) is 6.92 Å². The number of halogens is 3. The molecule has 9 nitrogen and oxygen atoms in total. The van der Waals surface area contributed by atoms with E-state index in [1.165, 1.54) is 23.4 Å². The fourth-order valence-electron chi connectivity index (χ4n) is 4.56. The highest BCUT2D eigenvalue weighted by Crippen LogP contribution is 2.44. The molecule has 0 aromatic carbocycles. The van der Waals surface area contributed by atoms with Gasteiger partial charge >= 0.3 is 6.18 Å². The van der Waals surface area contributed by atoms with E-state index >= 15 is 0 Å². The zero-order valence-corrected chi connectivity index (χ0v) is 16.8. The third kappa shape index (κ3) is 3.45. The summed E-state index contributed by atoms with van der Waals surface area (Å²) in [6.07, 6.45) is 2.60. The molecule has 2 bridgehead atoms. The smallest absolute Gasteiger partial charge is 0.434 e. The molecule has 1 saturated carbocycles.